The summed E-state index contributed by atoms with van der Waals surface area (Å²) in [6.45, 7) is 2.17. The average Bonchev–Trinajstić information content (AvgIpc) is 3.63. The molecule has 1 aliphatic heterocycles. The Kier molecular flexibility index (Phi) is 7.71. The summed E-state index contributed by atoms with van der Waals surface area (Å²) in [4.78, 5) is 27.3. The van der Waals surface area contributed by atoms with Crippen LogP contribution in [0.3, 0.4) is 0 Å². The van der Waals surface area contributed by atoms with Gasteiger partial charge in [-0.05, 0) is 61.5 Å². The van der Waals surface area contributed by atoms with Crippen molar-refractivity contribution in [2.45, 2.75) is 43.9 Å². The van der Waals surface area contributed by atoms with Gasteiger partial charge in [0.15, 0.2) is 0 Å². The Morgan fingerprint density at radius 1 is 1.11 bits per heavy atom. The van der Waals surface area contributed by atoms with Gasteiger partial charge in [-0.15, -0.1) is 0 Å². The minimum Gasteiger partial charge on any atom is -0.465 e. The molecule has 1 saturated carbocycles. The van der Waals surface area contributed by atoms with E-state index in [0.29, 0.717) is 49.5 Å². The molecule has 0 spiro atoms. The summed E-state index contributed by atoms with van der Waals surface area (Å²) in [6.07, 6.45) is -2.90. The number of ether oxygens (including phenoxy) is 1. The van der Waals surface area contributed by atoms with E-state index in [9.17, 15) is 22.8 Å². The first-order chi connectivity index (χ1) is 16.7. The fourth-order valence-electron chi connectivity index (χ4n) is 4.91. The van der Waals surface area contributed by atoms with Gasteiger partial charge in [0.1, 0.15) is 0 Å². The number of piperidine rings is 1. The number of methoxy groups -OCH3 is 1. The Balaban J connectivity index is 1.35. The van der Waals surface area contributed by atoms with Crippen LogP contribution in [0.5, 0.6) is 0 Å². The van der Waals surface area contributed by atoms with E-state index in [-0.39, 0.29) is 18.4 Å². The van der Waals surface area contributed by atoms with Gasteiger partial charge in [-0.2, -0.15) is 13.2 Å². The van der Waals surface area contributed by atoms with Crippen molar-refractivity contribution in [1.29, 1.82) is 0 Å². The van der Waals surface area contributed by atoms with E-state index in [2.05, 4.69) is 4.90 Å². The van der Waals surface area contributed by atoms with Crippen LogP contribution >= 0.6 is 11.6 Å². The number of nitrogens with zero attached hydrogens (tertiary/aromatic N) is 2. The molecule has 4 rings (SSSR count). The van der Waals surface area contributed by atoms with Gasteiger partial charge in [0.2, 0.25) is 0 Å². The van der Waals surface area contributed by atoms with Gasteiger partial charge in [0.05, 0.1) is 17.7 Å². The normalized spacial score (nSPS) is 20.9. The number of rotatable bonds is 7. The van der Waals surface area contributed by atoms with Crippen LogP contribution in [0.2, 0.25) is 5.02 Å². The topological polar surface area (TPSA) is 49.9 Å². The van der Waals surface area contributed by atoms with Gasteiger partial charge < -0.3 is 9.64 Å². The van der Waals surface area contributed by atoms with Crippen molar-refractivity contribution in [3.8, 4) is 0 Å². The average molecular weight is 509 g/mol. The lowest BCUT2D eigenvalue weighted by atomic mass is 9.95. The monoisotopic (exact) mass is 508 g/mol. The summed E-state index contributed by atoms with van der Waals surface area (Å²) in [6, 6.07) is 14.2. The van der Waals surface area contributed by atoms with Crippen LogP contribution < -0.4 is 0 Å². The Bertz CT molecular complexity index is 1060. The van der Waals surface area contributed by atoms with Gasteiger partial charge in [0.25, 0.3) is 0 Å². The Morgan fingerprint density at radius 3 is 2.40 bits per heavy atom. The number of benzene rings is 2. The number of hydrogen-bond donors (Lipinski definition) is 0. The van der Waals surface area contributed by atoms with Crippen molar-refractivity contribution in [3.05, 3.63) is 70.2 Å². The number of esters is 1. The molecule has 0 N–H and O–H groups in total. The predicted octanol–water partition coefficient (Wildman–Crippen LogP) is 5.29. The smallest absolute Gasteiger partial charge is 0.465 e. The minimum atomic E-state index is -4.87. The quantitative estimate of drug-likeness (QED) is 0.477. The van der Waals surface area contributed by atoms with Crippen LogP contribution in [0.25, 0.3) is 0 Å². The second kappa shape index (κ2) is 10.6. The number of amides is 1. The molecule has 1 amide bonds. The minimum absolute atomic E-state index is 0.0138. The van der Waals surface area contributed by atoms with E-state index in [4.69, 9.17) is 16.3 Å². The van der Waals surface area contributed by atoms with E-state index in [1.807, 2.05) is 36.4 Å². The zero-order chi connectivity index (χ0) is 25.2. The SMILES string of the molecule is COC(=O)c1ccc(CN2CCC(CN(C(=O)C(F)(F)F)C3CC3c3ccccc3)CC2)cc1Cl. The largest absolute Gasteiger partial charge is 0.471 e. The first-order valence-corrected chi connectivity index (χ1v) is 12.1. The molecule has 2 atom stereocenters. The van der Waals surface area contributed by atoms with E-state index >= 15 is 0 Å². The maximum absolute atomic E-state index is 13.4. The summed E-state index contributed by atoms with van der Waals surface area (Å²) < 4.78 is 44.8. The van der Waals surface area contributed by atoms with Crippen molar-refractivity contribution in [2.75, 3.05) is 26.7 Å². The molecule has 0 aromatic heterocycles. The summed E-state index contributed by atoms with van der Waals surface area (Å²) in [5, 5.41) is 0.322. The lowest BCUT2D eigenvalue weighted by Gasteiger charge is -2.35. The molecule has 0 radical (unpaired) electrons. The van der Waals surface area contributed by atoms with Crippen LogP contribution in [0.4, 0.5) is 13.2 Å². The second-order valence-electron chi connectivity index (χ2n) is 9.30. The molecule has 5 nitrogen and oxygen atoms in total. The van der Waals surface area contributed by atoms with Crippen molar-refractivity contribution in [2.24, 2.45) is 5.92 Å². The van der Waals surface area contributed by atoms with Crippen LogP contribution in [0.1, 0.15) is 46.7 Å². The second-order valence-corrected chi connectivity index (χ2v) is 9.71. The number of hydrogen-bond acceptors (Lipinski definition) is 4. The van der Waals surface area contributed by atoms with Crippen LogP contribution in [0, 0.1) is 5.92 Å². The number of carbonyl (C=O) groups excluding carboxylic acids is 2. The fourth-order valence-corrected chi connectivity index (χ4v) is 5.19. The highest BCUT2D eigenvalue weighted by Crippen LogP contribution is 2.46. The maximum atomic E-state index is 13.4. The van der Waals surface area contributed by atoms with E-state index in [1.165, 1.54) is 7.11 Å². The molecule has 188 valence electrons. The molecular weight excluding hydrogens is 481 g/mol. The van der Waals surface area contributed by atoms with E-state index < -0.39 is 24.1 Å². The molecule has 1 heterocycles. The molecule has 1 aliphatic carbocycles. The van der Waals surface area contributed by atoms with Crippen molar-refractivity contribution in [1.82, 2.24) is 9.80 Å². The van der Waals surface area contributed by atoms with Crippen molar-refractivity contribution < 1.29 is 27.5 Å². The van der Waals surface area contributed by atoms with E-state index in [1.54, 1.807) is 12.1 Å². The summed E-state index contributed by atoms with van der Waals surface area (Å²) in [5.74, 6) is -2.26. The van der Waals surface area contributed by atoms with Crippen LogP contribution in [0.15, 0.2) is 48.5 Å². The number of carbonyl (C=O) groups is 2. The lowest BCUT2D eigenvalue weighted by Crippen LogP contribution is -2.47. The molecule has 2 fully saturated rings. The molecule has 2 unspecified atom stereocenters. The molecule has 0 bridgehead atoms. The van der Waals surface area contributed by atoms with Gasteiger partial charge in [-0.3, -0.25) is 9.69 Å². The first-order valence-electron chi connectivity index (χ1n) is 11.7. The molecule has 1 saturated heterocycles. The molecular formula is C26H28ClF3N2O3. The predicted molar refractivity (Wildman–Crippen MR) is 126 cm³/mol. The van der Waals surface area contributed by atoms with Gasteiger partial charge >= 0.3 is 18.1 Å². The molecule has 2 aromatic rings. The van der Waals surface area contributed by atoms with Crippen molar-refractivity contribution in [3.63, 3.8) is 0 Å². The van der Waals surface area contributed by atoms with Gasteiger partial charge in [-0.1, -0.05) is 48.0 Å². The third kappa shape index (κ3) is 6.16. The Morgan fingerprint density at radius 2 is 1.80 bits per heavy atom. The highest BCUT2D eigenvalue weighted by Gasteiger charge is 2.52. The number of halogens is 4. The molecule has 2 aromatic carbocycles. The van der Waals surface area contributed by atoms with Gasteiger partial charge in [-0.25, -0.2) is 4.79 Å². The zero-order valence-corrected chi connectivity index (χ0v) is 20.2. The maximum Gasteiger partial charge on any atom is 0.471 e. The lowest BCUT2D eigenvalue weighted by molar-refractivity contribution is -0.187. The fraction of sp³-hybridized carbons (Fsp3) is 0.462. The molecule has 35 heavy (non-hydrogen) atoms. The highest BCUT2D eigenvalue weighted by atomic mass is 35.5. The standard InChI is InChI=1S/C26H28ClF3N2O3/c1-35-24(33)20-8-7-18(13-22(20)27)15-31-11-9-17(10-12-31)16-32(25(34)26(28,29)30)23-14-21(23)19-5-3-2-4-6-19/h2-8,13,17,21,23H,9-12,14-16H2,1H3. The van der Waals surface area contributed by atoms with Gasteiger partial charge in [0, 0.05) is 25.0 Å². The summed E-state index contributed by atoms with van der Waals surface area (Å²) in [5.41, 5.74) is 2.22. The first kappa shape index (κ1) is 25.5. The highest BCUT2D eigenvalue weighted by molar-refractivity contribution is 6.33. The molecule has 9 heteroatoms. The van der Waals surface area contributed by atoms with Crippen molar-refractivity contribution >= 4 is 23.5 Å². The summed E-state index contributed by atoms with van der Waals surface area (Å²) in [7, 11) is 1.30. The zero-order valence-electron chi connectivity index (χ0n) is 19.4. The Hall–Kier alpha value is -2.58. The third-order valence-corrected chi connectivity index (χ3v) is 7.21. The summed E-state index contributed by atoms with van der Waals surface area (Å²) >= 11 is 6.21. The number of alkyl halides is 3. The Labute approximate surface area is 207 Å². The van der Waals surface area contributed by atoms with E-state index in [0.717, 1.165) is 16.0 Å². The third-order valence-electron chi connectivity index (χ3n) is 6.90. The molecule has 2 aliphatic rings. The number of likely N-dealkylation sites (tertiary alicyclic amines) is 1. The van der Waals surface area contributed by atoms with Crippen LogP contribution in [-0.4, -0.2) is 60.6 Å². The van der Waals surface area contributed by atoms with Crippen LogP contribution in [-0.2, 0) is 16.1 Å².